The van der Waals surface area contributed by atoms with Crippen molar-refractivity contribution in [1.29, 1.82) is 0 Å². The molecule has 0 atom stereocenters. The van der Waals surface area contributed by atoms with Crippen molar-refractivity contribution in [2.75, 3.05) is 44.7 Å². The lowest BCUT2D eigenvalue weighted by molar-refractivity contribution is -0.892. The number of quaternary nitrogens is 1. The average molecular weight is 320 g/mol. The minimum absolute atomic E-state index is 0.187. The summed E-state index contributed by atoms with van der Waals surface area (Å²) >= 11 is 0. The van der Waals surface area contributed by atoms with Crippen LogP contribution in [-0.2, 0) is 4.79 Å². The van der Waals surface area contributed by atoms with Crippen molar-refractivity contribution >= 4 is 11.6 Å². The standard InChI is InChI=1S/C18H29N3O2/c1-4-15(5-2)19-18(22)14-20-10-12-21(13-11-20)16-6-8-17(23-3)9-7-16/h6-9,15H,4-5,10-14H2,1-3H3,(H,19,22)/p+1. The van der Waals surface area contributed by atoms with E-state index in [1.54, 1.807) is 7.11 Å². The van der Waals surface area contributed by atoms with Crippen LogP contribution >= 0.6 is 0 Å². The first-order valence-corrected chi connectivity index (χ1v) is 8.68. The van der Waals surface area contributed by atoms with Gasteiger partial charge in [0, 0.05) is 11.7 Å². The third-order valence-electron chi connectivity index (χ3n) is 4.67. The Balaban J connectivity index is 1.78. The molecular weight excluding hydrogens is 290 g/mol. The van der Waals surface area contributed by atoms with Gasteiger partial charge in [0.05, 0.1) is 33.3 Å². The zero-order valence-corrected chi connectivity index (χ0v) is 14.6. The lowest BCUT2D eigenvalue weighted by Crippen LogP contribution is -3.16. The minimum Gasteiger partial charge on any atom is -0.497 e. The lowest BCUT2D eigenvalue weighted by atomic mass is 10.2. The maximum atomic E-state index is 12.1. The Morgan fingerprint density at radius 1 is 1.22 bits per heavy atom. The SMILES string of the molecule is CCC(CC)NC(=O)C[NH+]1CCN(c2ccc(OC)cc2)CC1. The van der Waals surface area contributed by atoms with E-state index in [1.807, 2.05) is 12.1 Å². The van der Waals surface area contributed by atoms with Gasteiger partial charge in [0.15, 0.2) is 6.54 Å². The molecule has 5 nitrogen and oxygen atoms in total. The summed E-state index contributed by atoms with van der Waals surface area (Å²) in [5.74, 6) is 1.07. The maximum absolute atomic E-state index is 12.1. The first kappa shape index (κ1) is 17.6. The molecule has 0 saturated carbocycles. The molecule has 1 heterocycles. The third-order valence-corrected chi connectivity index (χ3v) is 4.67. The second-order valence-corrected chi connectivity index (χ2v) is 6.19. The highest BCUT2D eigenvalue weighted by Gasteiger charge is 2.23. The van der Waals surface area contributed by atoms with Crippen molar-refractivity contribution in [3.8, 4) is 5.75 Å². The second-order valence-electron chi connectivity index (χ2n) is 6.19. The van der Waals surface area contributed by atoms with Crippen molar-refractivity contribution in [3.05, 3.63) is 24.3 Å². The first-order valence-electron chi connectivity index (χ1n) is 8.68. The van der Waals surface area contributed by atoms with Crippen LogP contribution in [0.15, 0.2) is 24.3 Å². The molecule has 2 rings (SSSR count). The van der Waals surface area contributed by atoms with Gasteiger partial charge in [-0.25, -0.2) is 0 Å². The topological polar surface area (TPSA) is 46.0 Å². The Hall–Kier alpha value is -1.75. The minimum atomic E-state index is 0.187. The largest absolute Gasteiger partial charge is 0.497 e. The third kappa shape index (κ3) is 5.13. The zero-order chi connectivity index (χ0) is 16.7. The van der Waals surface area contributed by atoms with E-state index in [0.717, 1.165) is 44.8 Å². The fourth-order valence-electron chi connectivity index (χ4n) is 3.05. The number of piperazine rings is 1. The van der Waals surface area contributed by atoms with E-state index in [-0.39, 0.29) is 5.91 Å². The predicted molar refractivity (Wildman–Crippen MR) is 93.3 cm³/mol. The van der Waals surface area contributed by atoms with Crippen molar-refractivity contribution in [2.24, 2.45) is 0 Å². The highest BCUT2D eigenvalue weighted by Crippen LogP contribution is 2.18. The summed E-state index contributed by atoms with van der Waals surface area (Å²) in [7, 11) is 1.68. The van der Waals surface area contributed by atoms with Gasteiger partial charge in [-0.1, -0.05) is 13.8 Å². The summed E-state index contributed by atoms with van der Waals surface area (Å²) in [6.45, 7) is 8.81. The summed E-state index contributed by atoms with van der Waals surface area (Å²) in [5, 5.41) is 3.13. The number of ether oxygens (including phenoxy) is 1. The summed E-state index contributed by atoms with van der Waals surface area (Å²) in [6.07, 6.45) is 2.01. The number of rotatable bonds is 7. The molecular formula is C18H30N3O2+. The van der Waals surface area contributed by atoms with Gasteiger partial charge in [0.25, 0.3) is 5.91 Å². The summed E-state index contributed by atoms with van der Waals surface area (Å²) < 4.78 is 5.20. The molecule has 0 bridgehead atoms. The summed E-state index contributed by atoms with van der Waals surface area (Å²) in [4.78, 5) is 15.9. The number of benzene rings is 1. The molecule has 1 aromatic carbocycles. The fraction of sp³-hybridized carbons (Fsp3) is 0.611. The molecule has 1 saturated heterocycles. The van der Waals surface area contributed by atoms with Crippen molar-refractivity contribution < 1.29 is 14.4 Å². The quantitative estimate of drug-likeness (QED) is 0.778. The molecule has 23 heavy (non-hydrogen) atoms. The molecule has 1 aliphatic rings. The highest BCUT2D eigenvalue weighted by atomic mass is 16.5. The van der Waals surface area contributed by atoms with Gasteiger partial charge in [-0.15, -0.1) is 0 Å². The number of hydrogen-bond donors (Lipinski definition) is 2. The maximum Gasteiger partial charge on any atom is 0.275 e. The Morgan fingerprint density at radius 2 is 1.83 bits per heavy atom. The number of anilines is 1. The second kappa shape index (κ2) is 8.77. The molecule has 1 aromatic rings. The Bertz CT molecular complexity index is 478. The number of amides is 1. The van der Waals surface area contributed by atoms with Crippen molar-refractivity contribution in [1.82, 2.24) is 5.32 Å². The number of hydrogen-bond acceptors (Lipinski definition) is 3. The van der Waals surface area contributed by atoms with E-state index in [9.17, 15) is 4.79 Å². The Kier molecular flexibility index (Phi) is 6.71. The highest BCUT2D eigenvalue weighted by molar-refractivity contribution is 5.77. The molecule has 0 radical (unpaired) electrons. The molecule has 128 valence electrons. The number of nitrogens with one attached hydrogen (secondary N) is 2. The molecule has 0 unspecified atom stereocenters. The predicted octanol–water partition coefficient (Wildman–Crippen LogP) is 0.705. The van der Waals surface area contributed by atoms with Crippen LogP contribution in [0, 0.1) is 0 Å². The first-order chi connectivity index (χ1) is 11.2. The summed E-state index contributed by atoms with van der Waals surface area (Å²) in [5.41, 5.74) is 1.23. The Morgan fingerprint density at radius 3 is 2.35 bits per heavy atom. The molecule has 0 spiro atoms. The molecule has 0 aromatic heterocycles. The van der Waals surface area contributed by atoms with Gasteiger partial charge in [0.1, 0.15) is 5.75 Å². The van der Waals surface area contributed by atoms with E-state index >= 15 is 0 Å². The van der Waals surface area contributed by atoms with Gasteiger partial charge in [-0.2, -0.15) is 0 Å². The normalized spacial score (nSPS) is 15.7. The van der Waals surface area contributed by atoms with Crippen LogP contribution in [0.3, 0.4) is 0 Å². The van der Waals surface area contributed by atoms with Gasteiger partial charge in [-0.3, -0.25) is 4.79 Å². The van der Waals surface area contributed by atoms with E-state index in [2.05, 4.69) is 36.2 Å². The number of carbonyl (C=O) groups excluding carboxylic acids is 1. The smallest absolute Gasteiger partial charge is 0.275 e. The molecule has 0 aliphatic carbocycles. The molecule has 1 amide bonds. The van der Waals surface area contributed by atoms with Crippen LogP contribution < -0.4 is 19.9 Å². The number of carbonyl (C=O) groups is 1. The van der Waals surface area contributed by atoms with Crippen molar-refractivity contribution in [3.63, 3.8) is 0 Å². The van der Waals surface area contributed by atoms with Crippen LogP contribution in [-0.4, -0.2) is 51.8 Å². The number of nitrogens with zero attached hydrogens (tertiary/aromatic N) is 1. The molecule has 2 N–H and O–H groups in total. The number of methoxy groups -OCH3 is 1. The van der Waals surface area contributed by atoms with Crippen LogP contribution in [0.1, 0.15) is 26.7 Å². The van der Waals surface area contributed by atoms with Crippen LogP contribution in [0.2, 0.25) is 0 Å². The monoisotopic (exact) mass is 320 g/mol. The molecule has 5 heteroatoms. The Labute approximate surface area is 139 Å². The average Bonchev–Trinajstić information content (AvgIpc) is 2.60. The van der Waals surface area contributed by atoms with Crippen LogP contribution in [0.5, 0.6) is 5.75 Å². The zero-order valence-electron chi connectivity index (χ0n) is 14.6. The van der Waals surface area contributed by atoms with Gasteiger partial charge in [-0.05, 0) is 37.1 Å². The molecule has 1 aliphatic heterocycles. The van der Waals surface area contributed by atoms with Gasteiger partial charge in [0.2, 0.25) is 0 Å². The summed E-state index contributed by atoms with van der Waals surface area (Å²) in [6, 6.07) is 8.52. The van der Waals surface area contributed by atoms with E-state index < -0.39 is 0 Å². The van der Waals surface area contributed by atoms with Gasteiger partial charge < -0.3 is 19.9 Å². The van der Waals surface area contributed by atoms with E-state index in [1.165, 1.54) is 10.6 Å². The van der Waals surface area contributed by atoms with Crippen molar-refractivity contribution in [2.45, 2.75) is 32.7 Å². The van der Waals surface area contributed by atoms with Crippen LogP contribution in [0.4, 0.5) is 5.69 Å². The van der Waals surface area contributed by atoms with Crippen LogP contribution in [0.25, 0.3) is 0 Å². The lowest BCUT2D eigenvalue weighted by Gasteiger charge is -2.33. The molecule has 1 fully saturated rings. The van der Waals surface area contributed by atoms with Gasteiger partial charge >= 0.3 is 0 Å². The van der Waals surface area contributed by atoms with E-state index in [4.69, 9.17) is 4.74 Å². The van der Waals surface area contributed by atoms with E-state index in [0.29, 0.717) is 12.6 Å². The fourth-order valence-corrected chi connectivity index (χ4v) is 3.05.